The topological polar surface area (TPSA) is 67.1 Å². The van der Waals surface area contributed by atoms with E-state index < -0.39 is 0 Å². The molecule has 0 saturated carbocycles. The molecule has 2 N–H and O–H groups in total. The second-order valence-electron chi connectivity index (χ2n) is 7.80. The molecule has 0 aliphatic rings. The molecule has 0 bridgehead atoms. The summed E-state index contributed by atoms with van der Waals surface area (Å²) in [7, 11) is 3.87. The molecule has 0 spiro atoms. The highest BCUT2D eigenvalue weighted by Crippen LogP contribution is 2.28. The molecule has 0 amide bonds. The molecular formula is C27H26N6S+2. The van der Waals surface area contributed by atoms with Gasteiger partial charge in [0.1, 0.15) is 6.07 Å². The van der Waals surface area contributed by atoms with Crippen LogP contribution in [0.25, 0.3) is 0 Å². The first-order valence-corrected chi connectivity index (χ1v) is 11.7. The zero-order valence-corrected chi connectivity index (χ0v) is 20.0. The zero-order chi connectivity index (χ0) is 23.8. The Balaban J connectivity index is 1.85. The molecule has 3 aromatic carbocycles. The molecule has 0 radical (unpaired) electrons. The van der Waals surface area contributed by atoms with E-state index in [1.165, 1.54) is 11.3 Å². The van der Waals surface area contributed by atoms with E-state index in [2.05, 4.69) is 28.8 Å². The van der Waals surface area contributed by atoms with Crippen molar-refractivity contribution in [2.75, 3.05) is 24.7 Å². The first-order valence-electron chi connectivity index (χ1n) is 10.9. The smallest absolute Gasteiger partial charge is 0.324 e. The van der Waals surface area contributed by atoms with Crippen molar-refractivity contribution in [3.05, 3.63) is 107 Å². The molecule has 0 unspecified atom stereocenters. The third-order valence-corrected chi connectivity index (χ3v) is 5.93. The Morgan fingerprint density at radius 1 is 0.971 bits per heavy atom. The van der Waals surface area contributed by atoms with Gasteiger partial charge >= 0.3 is 5.13 Å². The number of aliphatic imine (C=N–C) groups is 1. The van der Waals surface area contributed by atoms with Gasteiger partial charge in [-0.25, -0.2) is 9.88 Å². The van der Waals surface area contributed by atoms with Crippen molar-refractivity contribution in [2.24, 2.45) is 4.99 Å². The minimum Gasteiger partial charge on any atom is -0.326 e. The Hall–Kier alpha value is -4.28. The number of nitrogens with one attached hydrogen (secondary N) is 2. The second kappa shape index (κ2) is 11.0. The highest BCUT2D eigenvalue weighted by Gasteiger charge is 2.25. The maximum Gasteiger partial charge on any atom is 0.324 e. The van der Waals surface area contributed by atoms with E-state index in [9.17, 15) is 5.26 Å². The van der Waals surface area contributed by atoms with Gasteiger partial charge in [0, 0.05) is 11.3 Å². The molecule has 4 aromatic rings. The monoisotopic (exact) mass is 466 g/mol. The van der Waals surface area contributed by atoms with E-state index in [-0.39, 0.29) is 0 Å². The molecule has 1 aromatic heterocycles. The van der Waals surface area contributed by atoms with Gasteiger partial charge in [-0.2, -0.15) is 5.26 Å². The lowest BCUT2D eigenvalue weighted by Crippen LogP contribution is -2.37. The fraction of sp³-hybridized carbons (Fsp3) is 0.111. The van der Waals surface area contributed by atoms with Crippen molar-refractivity contribution in [3.8, 4) is 6.07 Å². The number of para-hydroxylation sites is 1. The van der Waals surface area contributed by atoms with E-state index >= 15 is 0 Å². The van der Waals surface area contributed by atoms with Crippen LogP contribution in [-0.2, 0) is 6.54 Å². The number of hydrogen-bond acceptors (Lipinski definition) is 3. The van der Waals surface area contributed by atoms with Crippen molar-refractivity contribution in [3.63, 3.8) is 0 Å². The van der Waals surface area contributed by atoms with Gasteiger partial charge in [0.2, 0.25) is 12.2 Å². The minimum atomic E-state index is 0.569. The fourth-order valence-corrected chi connectivity index (χ4v) is 4.23. The van der Waals surface area contributed by atoms with Gasteiger partial charge in [0.25, 0.3) is 5.82 Å². The number of benzene rings is 3. The molecule has 4 rings (SSSR count). The Morgan fingerprint density at radius 2 is 1.59 bits per heavy atom. The van der Waals surface area contributed by atoms with Crippen LogP contribution in [0.3, 0.4) is 0 Å². The van der Waals surface area contributed by atoms with Crippen LogP contribution in [0, 0.1) is 11.3 Å². The summed E-state index contributed by atoms with van der Waals surface area (Å²) in [6.45, 7) is 0.578. The summed E-state index contributed by atoms with van der Waals surface area (Å²) in [5.74, 6) is 1.43. The van der Waals surface area contributed by atoms with Gasteiger partial charge in [-0.3, -0.25) is 4.58 Å². The zero-order valence-electron chi connectivity index (χ0n) is 19.1. The average molecular weight is 467 g/mol. The number of rotatable bonds is 7. The summed E-state index contributed by atoms with van der Waals surface area (Å²) < 4.78 is 3.95. The summed E-state index contributed by atoms with van der Waals surface area (Å²) in [5, 5.41) is 17.4. The third kappa shape index (κ3) is 5.74. The molecule has 0 aliphatic heterocycles. The molecule has 1 heterocycles. The summed E-state index contributed by atoms with van der Waals surface area (Å²) in [4.78, 5) is 5.61. The highest BCUT2D eigenvalue weighted by molar-refractivity contribution is 7.15. The van der Waals surface area contributed by atoms with Gasteiger partial charge in [-0.05, 0) is 41.2 Å². The number of aromatic nitrogens is 1. The molecule has 0 saturated heterocycles. The van der Waals surface area contributed by atoms with Gasteiger partial charge in [0.15, 0.2) is 4.88 Å². The van der Waals surface area contributed by atoms with E-state index in [0.29, 0.717) is 17.3 Å². The van der Waals surface area contributed by atoms with Crippen LogP contribution >= 0.6 is 11.3 Å². The molecule has 7 heteroatoms. The first kappa shape index (κ1) is 22.9. The number of nitriles is 1. The van der Waals surface area contributed by atoms with Crippen LogP contribution < -0.4 is 15.2 Å². The maximum absolute atomic E-state index is 9.89. The van der Waals surface area contributed by atoms with Crippen molar-refractivity contribution in [2.45, 2.75) is 6.54 Å². The van der Waals surface area contributed by atoms with Gasteiger partial charge in [-0.1, -0.05) is 71.7 Å². The molecule has 34 heavy (non-hydrogen) atoms. The van der Waals surface area contributed by atoms with Crippen LogP contribution in [0.4, 0.5) is 16.6 Å². The molecule has 0 aliphatic carbocycles. The number of anilines is 2. The Kier molecular flexibility index (Phi) is 7.43. The molecule has 0 atom stereocenters. The Morgan fingerprint density at radius 3 is 2.21 bits per heavy atom. The highest BCUT2D eigenvalue weighted by atomic mass is 32.1. The number of nitrogens with zero attached hydrogens (tertiary/aromatic N) is 4. The van der Waals surface area contributed by atoms with E-state index in [1.807, 2.05) is 108 Å². The Labute approximate surface area is 203 Å². The molecule has 168 valence electrons. The largest absolute Gasteiger partial charge is 0.326 e. The van der Waals surface area contributed by atoms with Gasteiger partial charge < -0.3 is 5.32 Å². The van der Waals surface area contributed by atoms with E-state index in [4.69, 9.17) is 4.99 Å². The molecule has 0 fully saturated rings. The molecular weight excluding hydrogens is 440 g/mol. The quantitative estimate of drug-likeness (QED) is 0.232. The summed E-state index contributed by atoms with van der Waals surface area (Å²) in [6, 6.07) is 32.5. The van der Waals surface area contributed by atoms with Gasteiger partial charge in [0.05, 0.1) is 20.6 Å². The van der Waals surface area contributed by atoms with E-state index in [1.54, 1.807) is 0 Å². The number of hydrogen-bond donors (Lipinski definition) is 2. The standard InChI is InChI=1S/C27H24N6S/c1-32(2)20-29-26-24(18-28)34-27(33(26)19-21-12-6-3-7-13-21)31-25(22-14-8-4-9-15-22)30-23-16-10-5-11-17-23/h3-17,20H,19H2,1-2H3/p+2. The minimum absolute atomic E-state index is 0.569. The predicted molar refractivity (Wildman–Crippen MR) is 139 cm³/mol. The Bertz CT molecular complexity index is 1330. The summed E-state index contributed by atoms with van der Waals surface area (Å²) >= 11 is 1.36. The average Bonchev–Trinajstić information content (AvgIpc) is 3.20. The van der Waals surface area contributed by atoms with Crippen molar-refractivity contribution in [1.29, 1.82) is 5.26 Å². The number of thiazole rings is 1. The van der Waals surface area contributed by atoms with Crippen LogP contribution in [0.2, 0.25) is 0 Å². The van der Waals surface area contributed by atoms with Crippen molar-refractivity contribution < 1.29 is 9.14 Å². The summed E-state index contributed by atoms with van der Waals surface area (Å²) in [5.41, 5.74) is 3.02. The molecule has 6 nitrogen and oxygen atoms in total. The number of amidine groups is 1. The summed E-state index contributed by atoms with van der Waals surface area (Å²) in [6.07, 6.45) is 1.83. The SMILES string of the molecule is C[N+](C)=CNc1c(C#N)sc(N=C(Nc2ccccc2)c2ccccc2)[n+]1Cc1ccccc1. The van der Waals surface area contributed by atoms with Crippen LogP contribution in [0.15, 0.2) is 96.0 Å². The van der Waals surface area contributed by atoms with Crippen LogP contribution in [0.5, 0.6) is 0 Å². The lowest BCUT2D eigenvalue weighted by Gasteiger charge is -2.08. The van der Waals surface area contributed by atoms with Gasteiger partial charge in [-0.15, -0.1) is 0 Å². The second-order valence-corrected chi connectivity index (χ2v) is 8.78. The predicted octanol–water partition coefficient (Wildman–Crippen LogP) is 4.86. The third-order valence-electron chi connectivity index (χ3n) is 4.94. The maximum atomic E-state index is 9.89. The fourth-order valence-electron chi connectivity index (χ4n) is 3.33. The first-order chi connectivity index (χ1) is 16.6. The van der Waals surface area contributed by atoms with Crippen LogP contribution in [0.1, 0.15) is 16.0 Å². The van der Waals surface area contributed by atoms with Crippen LogP contribution in [-0.4, -0.2) is 30.8 Å². The van der Waals surface area contributed by atoms with Crippen molar-refractivity contribution in [1.82, 2.24) is 0 Å². The van der Waals surface area contributed by atoms with E-state index in [0.717, 1.165) is 27.8 Å². The lowest BCUT2D eigenvalue weighted by molar-refractivity contribution is -0.657. The normalized spacial score (nSPS) is 10.9. The van der Waals surface area contributed by atoms with Crippen molar-refractivity contribution >= 4 is 40.1 Å². The lowest BCUT2D eigenvalue weighted by atomic mass is 10.2.